The highest BCUT2D eigenvalue weighted by atomic mass is 19.4. The molecule has 10 heteroatoms. The number of hydrogen-bond acceptors (Lipinski definition) is 4. The predicted octanol–water partition coefficient (Wildman–Crippen LogP) is 2.36. The third-order valence-electron chi connectivity index (χ3n) is 4.59. The Hall–Kier alpha value is -0.580. The van der Waals surface area contributed by atoms with Gasteiger partial charge in [-0.2, -0.15) is 26.3 Å². The highest BCUT2D eigenvalue weighted by Crippen LogP contribution is 2.41. The molecular weight excluding hydrogens is 342 g/mol. The van der Waals surface area contributed by atoms with Gasteiger partial charge >= 0.3 is 12.4 Å². The zero-order valence-corrected chi connectivity index (χ0v) is 13.1. The van der Waals surface area contributed by atoms with E-state index in [2.05, 4.69) is 0 Å². The van der Waals surface area contributed by atoms with Crippen molar-refractivity contribution in [3.8, 4) is 0 Å². The first kappa shape index (κ1) is 21.5. The number of hydrogen-bond donors (Lipinski definition) is 4. The lowest BCUT2D eigenvalue weighted by Gasteiger charge is -2.36. The molecule has 0 heterocycles. The fraction of sp³-hybridized carbons (Fsp3) is 1.00. The van der Waals surface area contributed by atoms with Gasteiger partial charge in [-0.1, -0.05) is 0 Å². The molecule has 6 N–H and O–H groups in total. The summed E-state index contributed by atoms with van der Waals surface area (Å²) < 4.78 is 73.2. The lowest BCUT2D eigenvalue weighted by atomic mass is 9.82. The Morgan fingerprint density at radius 3 is 1.17 bits per heavy atom. The molecule has 2 aliphatic carbocycles. The summed E-state index contributed by atoms with van der Waals surface area (Å²) in [6, 6.07) is -1.05. The van der Waals surface area contributed by atoms with Crippen LogP contribution in [0, 0.1) is 0 Å². The molecule has 0 radical (unpaired) electrons. The van der Waals surface area contributed by atoms with Crippen molar-refractivity contribution in [2.24, 2.45) is 11.5 Å². The quantitative estimate of drug-likeness (QED) is 0.495. The van der Waals surface area contributed by atoms with Crippen LogP contribution >= 0.6 is 0 Å². The average molecular weight is 366 g/mol. The molecule has 0 amide bonds. The van der Waals surface area contributed by atoms with Crippen molar-refractivity contribution in [2.45, 2.75) is 87.0 Å². The van der Waals surface area contributed by atoms with E-state index in [1.54, 1.807) is 0 Å². The largest absolute Gasteiger partial charge is 0.417 e. The highest BCUT2D eigenvalue weighted by Gasteiger charge is 2.55. The Balaban J connectivity index is 0.000000240. The van der Waals surface area contributed by atoms with Gasteiger partial charge in [-0.05, 0) is 38.5 Å². The Morgan fingerprint density at radius 2 is 1.00 bits per heavy atom. The lowest BCUT2D eigenvalue weighted by Crippen LogP contribution is -2.51. The number of rotatable bonds is 0. The Bertz CT molecular complexity index is 379. The number of halogens is 6. The molecule has 0 spiro atoms. The van der Waals surface area contributed by atoms with Gasteiger partial charge in [0.25, 0.3) is 0 Å². The number of aliphatic hydroxyl groups is 2. The second kappa shape index (κ2) is 7.35. The molecule has 0 aromatic rings. The van der Waals surface area contributed by atoms with E-state index in [-0.39, 0.29) is 25.7 Å². The third kappa shape index (κ3) is 5.21. The van der Waals surface area contributed by atoms with E-state index < -0.39 is 35.6 Å². The van der Waals surface area contributed by atoms with Crippen LogP contribution in [0.2, 0.25) is 0 Å². The molecule has 0 aliphatic heterocycles. The fourth-order valence-electron chi connectivity index (χ4n) is 3.10. The molecule has 0 unspecified atom stereocenters. The van der Waals surface area contributed by atoms with E-state index in [0.717, 1.165) is 0 Å². The van der Waals surface area contributed by atoms with Crippen molar-refractivity contribution < 1.29 is 36.6 Å². The van der Waals surface area contributed by atoms with Crippen LogP contribution in [0.1, 0.15) is 51.4 Å². The summed E-state index contributed by atoms with van der Waals surface area (Å²) in [5, 5.41) is 18.3. The molecule has 2 saturated carbocycles. The Labute approximate surface area is 136 Å². The summed E-state index contributed by atoms with van der Waals surface area (Å²) >= 11 is 0. The number of alkyl halides is 6. The summed E-state index contributed by atoms with van der Waals surface area (Å²) in [4.78, 5) is 0. The third-order valence-corrected chi connectivity index (χ3v) is 4.59. The normalized spacial score (nSPS) is 38.2. The van der Waals surface area contributed by atoms with Gasteiger partial charge in [0.1, 0.15) is 0 Å². The minimum atomic E-state index is -4.54. The molecule has 0 aromatic carbocycles. The van der Waals surface area contributed by atoms with Crippen LogP contribution < -0.4 is 11.5 Å². The van der Waals surface area contributed by atoms with Crippen molar-refractivity contribution in [1.29, 1.82) is 0 Å². The van der Waals surface area contributed by atoms with Crippen molar-refractivity contribution in [3.05, 3.63) is 0 Å². The number of nitrogens with two attached hydrogens (primary N) is 2. The van der Waals surface area contributed by atoms with Crippen LogP contribution in [-0.4, -0.2) is 45.9 Å². The minimum absolute atomic E-state index is 0.218. The minimum Gasteiger partial charge on any atom is -0.380 e. The summed E-state index contributed by atoms with van der Waals surface area (Å²) in [5.74, 6) is 0. The molecule has 24 heavy (non-hydrogen) atoms. The summed E-state index contributed by atoms with van der Waals surface area (Å²) in [6.07, 6.45) is -8.41. The van der Waals surface area contributed by atoms with Gasteiger partial charge in [0.2, 0.25) is 0 Å². The van der Waals surface area contributed by atoms with Crippen molar-refractivity contribution in [2.75, 3.05) is 0 Å². The first-order chi connectivity index (χ1) is 10.7. The standard InChI is InChI=1S/2C7H12F3NO/c2*8-7(9,10)6(12)3-1-2-5(11)4-6/h2*5,12H,1-4,11H2/t2*5-,6+/m10/s1. The topological polar surface area (TPSA) is 92.5 Å². The van der Waals surface area contributed by atoms with Gasteiger partial charge in [0, 0.05) is 24.9 Å². The van der Waals surface area contributed by atoms with Crippen LogP contribution in [0.5, 0.6) is 0 Å². The van der Waals surface area contributed by atoms with E-state index in [4.69, 9.17) is 11.5 Å². The molecule has 2 aliphatic rings. The maximum Gasteiger partial charge on any atom is 0.417 e. The van der Waals surface area contributed by atoms with Gasteiger partial charge in [-0.3, -0.25) is 0 Å². The fourth-order valence-corrected chi connectivity index (χ4v) is 3.10. The van der Waals surface area contributed by atoms with Crippen LogP contribution in [0.3, 0.4) is 0 Å². The Kier molecular flexibility index (Phi) is 6.57. The zero-order valence-electron chi connectivity index (χ0n) is 13.1. The molecular formula is C14H24F6N2O2. The summed E-state index contributed by atoms with van der Waals surface area (Å²) in [6.45, 7) is 0. The van der Waals surface area contributed by atoms with Crippen molar-refractivity contribution in [3.63, 3.8) is 0 Å². The first-order valence-corrected chi connectivity index (χ1v) is 7.79. The summed E-state index contributed by atoms with van der Waals surface area (Å²) in [5.41, 5.74) is 5.62. The molecule has 2 rings (SSSR count). The molecule has 0 saturated heterocycles. The second-order valence-electron chi connectivity index (χ2n) is 6.77. The van der Waals surface area contributed by atoms with Gasteiger partial charge in [0.05, 0.1) is 0 Å². The second-order valence-corrected chi connectivity index (χ2v) is 6.77. The van der Waals surface area contributed by atoms with Crippen LogP contribution in [-0.2, 0) is 0 Å². The molecule has 0 aromatic heterocycles. The van der Waals surface area contributed by atoms with Crippen molar-refractivity contribution in [1.82, 2.24) is 0 Å². The molecule has 4 nitrogen and oxygen atoms in total. The van der Waals surface area contributed by atoms with E-state index >= 15 is 0 Å². The van der Waals surface area contributed by atoms with Crippen LogP contribution in [0.25, 0.3) is 0 Å². The molecule has 4 atom stereocenters. The summed E-state index contributed by atoms with van der Waals surface area (Å²) in [7, 11) is 0. The van der Waals surface area contributed by atoms with Gasteiger partial charge in [0.15, 0.2) is 11.2 Å². The maximum absolute atomic E-state index is 12.2. The van der Waals surface area contributed by atoms with Crippen LogP contribution in [0.4, 0.5) is 26.3 Å². The SMILES string of the molecule is N[C@@H]1CCC[C@@](O)(C(F)(F)F)C1.N[C@H]1CCC[C@](O)(C(F)(F)F)C1. The van der Waals surface area contributed by atoms with E-state index in [1.807, 2.05) is 0 Å². The first-order valence-electron chi connectivity index (χ1n) is 7.79. The lowest BCUT2D eigenvalue weighted by molar-refractivity contribution is -0.271. The highest BCUT2D eigenvalue weighted by molar-refractivity contribution is 4.94. The monoisotopic (exact) mass is 366 g/mol. The van der Waals surface area contributed by atoms with E-state index in [0.29, 0.717) is 25.7 Å². The molecule has 0 bridgehead atoms. The van der Waals surface area contributed by atoms with Gasteiger partial charge < -0.3 is 21.7 Å². The van der Waals surface area contributed by atoms with E-state index in [1.165, 1.54) is 0 Å². The molecule has 2 fully saturated rings. The smallest absolute Gasteiger partial charge is 0.380 e. The Morgan fingerprint density at radius 1 is 0.708 bits per heavy atom. The van der Waals surface area contributed by atoms with Crippen LogP contribution in [0.15, 0.2) is 0 Å². The maximum atomic E-state index is 12.2. The molecule has 144 valence electrons. The van der Waals surface area contributed by atoms with Gasteiger partial charge in [-0.25, -0.2) is 0 Å². The average Bonchev–Trinajstić information content (AvgIpc) is 2.36. The van der Waals surface area contributed by atoms with Gasteiger partial charge in [-0.15, -0.1) is 0 Å². The van der Waals surface area contributed by atoms with Crippen molar-refractivity contribution >= 4 is 0 Å². The van der Waals surface area contributed by atoms with E-state index in [9.17, 15) is 36.6 Å². The predicted molar refractivity (Wildman–Crippen MR) is 74.9 cm³/mol. The zero-order chi connectivity index (χ0) is 18.8.